The van der Waals surface area contributed by atoms with Crippen LogP contribution in [0.1, 0.15) is 58.3 Å². The van der Waals surface area contributed by atoms with Crippen LogP contribution >= 0.6 is 0 Å². The third kappa shape index (κ3) is 3.82. The molecule has 0 aliphatic carbocycles. The molecule has 5 nitrogen and oxygen atoms in total. The molecule has 0 spiro atoms. The van der Waals surface area contributed by atoms with Crippen molar-refractivity contribution in [3.63, 3.8) is 0 Å². The minimum atomic E-state index is 0.281. The van der Waals surface area contributed by atoms with Gasteiger partial charge in [-0.05, 0) is 19.8 Å². The third-order valence-electron chi connectivity index (χ3n) is 3.70. The fraction of sp³-hybridized carbons (Fsp3) is 0.733. The van der Waals surface area contributed by atoms with E-state index in [9.17, 15) is 0 Å². The Bertz CT molecular complexity index is 431. The molecule has 0 aliphatic rings. The number of nitrogens with one attached hydrogen (secondary N) is 1. The highest BCUT2D eigenvalue weighted by Crippen LogP contribution is 2.26. The van der Waals surface area contributed by atoms with Crippen LogP contribution in [0.25, 0.3) is 0 Å². The summed E-state index contributed by atoms with van der Waals surface area (Å²) in [7, 11) is 0. The van der Waals surface area contributed by atoms with E-state index in [0.717, 1.165) is 36.1 Å². The summed E-state index contributed by atoms with van der Waals surface area (Å²) in [5.41, 5.74) is 3.72. The lowest BCUT2D eigenvalue weighted by Crippen LogP contribution is -2.30. The van der Waals surface area contributed by atoms with Gasteiger partial charge in [-0.2, -0.15) is 0 Å². The first-order chi connectivity index (χ1) is 9.44. The standard InChI is InChI=1S/C15H29N5/c1-7-11(5)9-20(8-2)15-12(6)14(19-16)17-13(18-15)10(3)4/h10-11H,7-9,16H2,1-6H3,(H,17,18,19). The van der Waals surface area contributed by atoms with Crippen LogP contribution in [-0.4, -0.2) is 23.1 Å². The summed E-state index contributed by atoms with van der Waals surface area (Å²) in [5.74, 6) is 9.08. The van der Waals surface area contributed by atoms with Gasteiger partial charge >= 0.3 is 0 Å². The minimum absolute atomic E-state index is 0.281. The number of hydrogen-bond donors (Lipinski definition) is 2. The normalized spacial score (nSPS) is 12.6. The molecule has 0 saturated heterocycles. The van der Waals surface area contributed by atoms with Crippen molar-refractivity contribution in [2.75, 3.05) is 23.4 Å². The second-order valence-electron chi connectivity index (χ2n) is 5.73. The zero-order chi connectivity index (χ0) is 15.3. The van der Waals surface area contributed by atoms with E-state index in [1.165, 1.54) is 6.42 Å². The van der Waals surface area contributed by atoms with Crippen LogP contribution < -0.4 is 16.2 Å². The molecule has 20 heavy (non-hydrogen) atoms. The third-order valence-corrected chi connectivity index (χ3v) is 3.70. The molecule has 1 heterocycles. The number of hydrogen-bond acceptors (Lipinski definition) is 5. The molecule has 1 rings (SSSR count). The molecular formula is C15H29N5. The Labute approximate surface area is 123 Å². The van der Waals surface area contributed by atoms with E-state index in [1.54, 1.807) is 0 Å². The molecular weight excluding hydrogens is 250 g/mol. The molecule has 0 bridgehead atoms. The Kier molecular flexibility index (Phi) is 6.20. The van der Waals surface area contributed by atoms with Gasteiger partial charge < -0.3 is 10.3 Å². The first-order valence-electron chi connectivity index (χ1n) is 7.54. The number of anilines is 2. The molecule has 0 amide bonds. The van der Waals surface area contributed by atoms with Crippen molar-refractivity contribution in [1.82, 2.24) is 9.97 Å². The lowest BCUT2D eigenvalue weighted by Gasteiger charge is -2.28. The van der Waals surface area contributed by atoms with Crippen molar-refractivity contribution in [1.29, 1.82) is 0 Å². The van der Waals surface area contributed by atoms with Crippen molar-refractivity contribution in [3.05, 3.63) is 11.4 Å². The van der Waals surface area contributed by atoms with Crippen molar-refractivity contribution < 1.29 is 0 Å². The summed E-state index contributed by atoms with van der Waals surface area (Å²) >= 11 is 0. The van der Waals surface area contributed by atoms with Gasteiger partial charge in [0.25, 0.3) is 0 Å². The summed E-state index contributed by atoms with van der Waals surface area (Å²) in [6.45, 7) is 14.8. The second kappa shape index (κ2) is 7.43. The highest BCUT2D eigenvalue weighted by Gasteiger charge is 2.18. The summed E-state index contributed by atoms with van der Waals surface area (Å²) < 4.78 is 0. The number of hydrazine groups is 1. The molecule has 114 valence electrons. The maximum Gasteiger partial charge on any atom is 0.148 e. The van der Waals surface area contributed by atoms with E-state index in [4.69, 9.17) is 10.8 Å². The molecule has 0 aromatic carbocycles. The molecule has 0 aliphatic heterocycles. The van der Waals surface area contributed by atoms with Crippen LogP contribution in [0.5, 0.6) is 0 Å². The Hall–Kier alpha value is -1.36. The number of nitrogens with zero attached hydrogens (tertiary/aromatic N) is 3. The van der Waals surface area contributed by atoms with E-state index >= 15 is 0 Å². The maximum absolute atomic E-state index is 5.60. The van der Waals surface area contributed by atoms with Crippen LogP contribution in [0.2, 0.25) is 0 Å². The molecule has 1 unspecified atom stereocenters. The first kappa shape index (κ1) is 16.7. The lowest BCUT2D eigenvalue weighted by atomic mass is 10.1. The molecule has 1 aromatic rings. The smallest absolute Gasteiger partial charge is 0.148 e. The van der Waals surface area contributed by atoms with Crippen LogP contribution in [0.4, 0.5) is 11.6 Å². The Morgan fingerprint density at radius 3 is 2.30 bits per heavy atom. The Morgan fingerprint density at radius 1 is 1.20 bits per heavy atom. The zero-order valence-electron chi connectivity index (χ0n) is 13.7. The van der Waals surface area contributed by atoms with E-state index in [0.29, 0.717) is 5.92 Å². The summed E-state index contributed by atoms with van der Waals surface area (Å²) in [6.07, 6.45) is 1.17. The van der Waals surface area contributed by atoms with Crippen molar-refractivity contribution in [2.45, 2.75) is 53.9 Å². The van der Waals surface area contributed by atoms with Crippen LogP contribution in [0.15, 0.2) is 0 Å². The van der Waals surface area contributed by atoms with Crippen molar-refractivity contribution >= 4 is 11.6 Å². The van der Waals surface area contributed by atoms with Crippen molar-refractivity contribution in [2.24, 2.45) is 11.8 Å². The second-order valence-corrected chi connectivity index (χ2v) is 5.73. The summed E-state index contributed by atoms with van der Waals surface area (Å²) in [4.78, 5) is 11.6. The SMILES string of the molecule is CCC(C)CN(CC)c1nc(C(C)C)nc(NN)c1C. The first-order valence-corrected chi connectivity index (χ1v) is 7.54. The average molecular weight is 279 g/mol. The van der Waals surface area contributed by atoms with E-state index in [2.05, 4.69) is 49.9 Å². The number of rotatable bonds is 7. The van der Waals surface area contributed by atoms with Gasteiger partial charge in [0.2, 0.25) is 0 Å². The van der Waals surface area contributed by atoms with Crippen LogP contribution in [0.3, 0.4) is 0 Å². The molecule has 5 heteroatoms. The quantitative estimate of drug-likeness (QED) is 0.593. The fourth-order valence-corrected chi connectivity index (χ4v) is 2.10. The van der Waals surface area contributed by atoms with Crippen molar-refractivity contribution in [3.8, 4) is 0 Å². The average Bonchev–Trinajstić information content (AvgIpc) is 2.44. The van der Waals surface area contributed by atoms with Gasteiger partial charge in [0.1, 0.15) is 17.5 Å². The van der Waals surface area contributed by atoms with E-state index in [1.807, 2.05) is 6.92 Å². The molecule has 0 fully saturated rings. The molecule has 1 atom stereocenters. The van der Waals surface area contributed by atoms with Gasteiger partial charge in [0, 0.05) is 24.6 Å². The summed E-state index contributed by atoms with van der Waals surface area (Å²) in [6, 6.07) is 0. The Balaban J connectivity index is 3.22. The predicted molar refractivity (Wildman–Crippen MR) is 86.0 cm³/mol. The Morgan fingerprint density at radius 2 is 1.85 bits per heavy atom. The maximum atomic E-state index is 5.60. The minimum Gasteiger partial charge on any atom is -0.356 e. The zero-order valence-corrected chi connectivity index (χ0v) is 13.7. The number of aromatic nitrogens is 2. The summed E-state index contributed by atoms with van der Waals surface area (Å²) in [5, 5.41) is 0. The number of nitrogen functional groups attached to an aromatic ring is 1. The molecule has 0 saturated carbocycles. The highest BCUT2D eigenvalue weighted by atomic mass is 15.3. The molecule has 3 N–H and O–H groups in total. The van der Waals surface area contributed by atoms with E-state index < -0.39 is 0 Å². The van der Waals surface area contributed by atoms with Gasteiger partial charge in [0.05, 0.1) is 0 Å². The number of nitrogens with two attached hydrogens (primary N) is 1. The lowest BCUT2D eigenvalue weighted by molar-refractivity contribution is 0.543. The predicted octanol–water partition coefficient (Wildman–Crippen LogP) is 3.07. The van der Waals surface area contributed by atoms with Gasteiger partial charge in [-0.1, -0.05) is 34.1 Å². The monoisotopic (exact) mass is 279 g/mol. The van der Waals surface area contributed by atoms with Crippen LogP contribution in [0, 0.1) is 12.8 Å². The fourth-order valence-electron chi connectivity index (χ4n) is 2.10. The topological polar surface area (TPSA) is 67.1 Å². The largest absolute Gasteiger partial charge is 0.356 e. The molecule has 1 aromatic heterocycles. The van der Waals surface area contributed by atoms with Gasteiger partial charge in [-0.3, -0.25) is 0 Å². The van der Waals surface area contributed by atoms with Gasteiger partial charge in [-0.25, -0.2) is 15.8 Å². The van der Waals surface area contributed by atoms with E-state index in [-0.39, 0.29) is 5.92 Å². The van der Waals surface area contributed by atoms with Gasteiger partial charge in [0.15, 0.2) is 0 Å². The molecule has 0 radical (unpaired) electrons. The highest BCUT2D eigenvalue weighted by molar-refractivity contribution is 5.58. The van der Waals surface area contributed by atoms with Gasteiger partial charge in [-0.15, -0.1) is 0 Å². The van der Waals surface area contributed by atoms with Crippen LogP contribution in [-0.2, 0) is 0 Å².